The Kier molecular flexibility index (Phi) is 5.09. The molecule has 0 saturated heterocycles. The SMILES string of the molecule is Cc1cc(-c2cnc3c(NCC(C)(C)O)cc(Cl)nn23)ccc1C(=O)CC1CC1. The van der Waals surface area contributed by atoms with Gasteiger partial charge in [0.25, 0.3) is 0 Å². The number of anilines is 1. The zero-order chi connectivity index (χ0) is 20.8. The number of aryl methyl sites for hydroxylation is 1. The Morgan fingerprint density at radius 1 is 1.34 bits per heavy atom. The maximum atomic E-state index is 12.5. The summed E-state index contributed by atoms with van der Waals surface area (Å²) >= 11 is 6.24. The second kappa shape index (κ2) is 7.43. The molecule has 0 spiro atoms. The molecule has 4 rings (SSSR count). The maximum Gasteiger partial charge on any atom is 0.177 e. The van der Waals surface area contributed by atoms with Crippen molar-refractivity contribution in [2.75, 3.05) is 11.9 Å². The zero-order valence-electron chi connectivity index (χ0n) is 16.9. The maximum absolute atomic E-state index is 12.5. The third-order valence-corrected chi connectivity index (χ3v) is 5.33. The van der Waals surface area contributed by atoms with E-state index < -0.39 is 5.60 Å². The Balaban J connectivity index is 1.68. The molecule has 2 N–H and O–H groups in total. The first-order valence-electron chi connectivity index (χ1n) is 9.86. The standard InChI is InChI=1S/C22H25ClN4O2/c1-13-8-15(6-7-16(13)19(28)9-14-4-5-14)18-11-24-21-17(25-12-22(2,3)29)10-20(23)26-27(18)21/h6-8,10-11,14,25,29H,4-5,9,12H2,1-3H3. The highest BCUT2D eigenvalue weighted by Crippen LogP contribution is 2.34. The van der Waals surface area contributed by atoms with Crippen LogP contribution < -0.4 is 5.32 Å². The lowest BCUT2D eigenvalue weighted by Gasteiger charge is -2.18. The van der Waals surface area contributed by atoms with Gasteiger partial charge < -0.3 is 10.4 Å². The first kappa shape index (κ1) is 19.9. The van der Waals surface area contributed by atoms with Gasteiger partial charge in [0.1, 0.15) is 0 Å². The second-order valence-corrected chi connectivity index (χ2v) is 8.91. The quantitative estimate of drug-likeness (QED) is 0.557. The van der Waals surface area contributed by atoms with Crippen molar-refractivity contribution in [3.05, 3.63) is 46.7 Å². The average Bonchev–Trinajstić information content (AvgIpc) is 3.35. The number of hydrogen-bond donors (Lipinski definition) is 2. The first-order chi connectivity index (χ1) is 13.7. The number of hydrogen-bond acceptors (Lipinski definition) is 5. The summed E-state index contributed by atoms with van der Waals surface area (Å²) in [5.74, 6) is 0.787. The van der Waals surface area contributed by atoms with Gasteiger partial charge in [-0.25, -0.2) is 9.50 Å². The lowest BCUT2D eigenvalue weighted by atomic mass is 9.98. The van der Waals surface area contributed by atoms with Crippen molar-refractivity contribution < 1.29 is 9.90 Å². The summed E-state index contributed by atoms with van der Waals surface area (Å²) in [5, 5.41) is 17.9. The van der Waals surface area contributed by atoms with Gasteiger partial charge in [0.05, 0.1) is 23.2 Å². The van der Waals surface area contributed by atoms with Crippen molar-refractivity contribution in [3.8, 4) is 11.3 Å². The minimum atomic E-state index is -0.873. The molecule has 3 aromatic rings. The van der Waals surface area contributed by atoms with Gasteiger partial charge in [-0.3, -0.25) is 4.79 Å². The molecule has 1 saturated carbocycles. The van der Waals surface area contributed by atoms with Gasteiger partial charge in [-0.1, -0.05) is 23.7 Å². The number of aromatic nitrogens is 3. The summed E-state index contributed by atoms with van der Waals surface area (Å²) in [6.45, 7) is 5.77. The molecule has 6 nitrogen and oxygen atoms in total. The van der Waals surface area contributed by atoms with Gasteiger partial charge in [-0.15, -0.1) is 0 Å². The predicted octanol–water partition coefficient (Wildman–Crippen LogP) is 4.52. The molecule has 0 aliphatic heterocycles. The summed E-state index contributed by atoms with van der Waals surface area (Å²) in [5.41, 5.74) is 3.89. The van der Waals surface area contributed by atoms with Crippen LogP contribution in [0.4, 0.5) is 5.69 Å². The normalized spacial score (nSPS) is 14.4. The molecular weight excluding hydrogens is 388 g/mol. The van der Waals surface area contributed by atoms with E-state index in [-0.39, 0.29) is 5.78 Å². The van der Waals surface area contributed by atoms with Crippen LogP contribution in [0.25, 0.3) is 16.9 Å². The van der Waals surface area contributed by atoms with Gasteiger partial charge in [-0.05, 0) is 51.2 Å². The fourth-order valence-electron chi connectivity index (χ4n) is 3.41. The molecule has 1 fully saturated rings. The van der Waals surface area contributed by atoms with Crippen LogP contribution in [-0.2, 0) is 0 Å². The third kappa shape index (κ3) is 4.43. The number of aliphatic hydroxyl groups is 1. The van der Waals surface area contributed by atoms with Gasteiger partial charge in [0.15, 0.2) is 16.6 Å². The Morgan fingerprint density at radius 2 is 2.10 bits per heavy atom. The van der Waals surface area contributed by atoms with Crippen LogP contribution in [-0.4, -0.2) is 37.6 Å². The number of ketones is 1. The number of carbonyl (C=O) groups excluding carboxylic acids is 1. The van der Waals surface area contributed by atoms with Crippen molar-refractivity contribution in [1.29, 1.82) is 0 Å². The second-order valence-electron chi connectivity index (χ2n) is 8.53. The summed E-state index contributed by atoms with van der Waals surface area (Å²) in [6.07, 6.45) is 4.72. The number of rotatable bonds is 7. The summed E-state index contributed by atoms with van der Waals surface area (Å²) < 4.78 is 1.69. The van der Waals surface area contributed by atoms with E-state index in [1.54, 1.807) is 30.6 Å². The minimum Gasteiger partial charge on any atom is -0.389 e. The Bertz CT molecular complexity index is 1080. The number of carbonyl (C=O) groups is 1. The number of benzene rings is 1. The van der Waals surface area contributed by atoms with Crippen molar-refractivity contribution in [3.63, 3.8) is 0 Å². The fraction of sp³-hybridized carbons (Fsp3) is 0.409. The van der Waals surface area contributed by atoms with Crippen LogP contribution in [0, 0.1) is 12.8 Å². The predicted molar refractivity (Wildman–Crippen MR) is 115 cm³/mol. The van der Waals surface area contributed by atoms with Crippen LogP contribution >= 0.6 is 11.6 Å². The number of fused-ring (bicyclic) bond motifs is 1. The van der Waals surface area contributed by atoms with Crippen LogP contribution in [0.3, 0.4) is 0 Å². The molecular formula is C22H25ClN4O2. The number of nitrogens with one attached hydrogen (secondary N) is 1. The minimum absolute atomic E-state index is 0.217. The zero-order valence-corrected chi connectivity index (χ0v) is 17.6. The van der Waals surface area contributed by atoms with Crippen LogP contribution in [0.15, 0.2) is 30.5 Å². The molecule has 0 unspecified atom stereocenters. The van der Waals surface area contributed by atoms with Crippen molar-refractivity contribution >= 4 is 28.7 Å². The molecule has 2 aromatic heterocycles. The van der Waals surface area contributed by atoms with Crippen molar-refractivity contribution in [2.24, 2.45) is 5.92 Å². The first-order valence-corrected chi connectivity index (χ1v) is 10.2. The van der Waals surface area contributed by atoms with Crippen LogP contribution in [0.1, 0.15) is 49.0 Å². The highest BCUT2D eigenvalue weighted by molar-refractivity contribution is 6.29. The fourth-order valence-corrected chi connectivity index (χ4v) is 3.59. The van der Waals surface area contributed by atoms with Gasteiger partial charge in [-0.2, -0.15) is 5.10 Å². The largest absolute Gasteiger partial charge is 0.389 e. The summed E-state index contributed by atoms with van der Waals surface area (Å²) in [7, 11) is 0. The Morgan fingerprint density at radius 3 is 2.76 bits per heavy atom. The van der Waals surface area contributed by atoms with Gasteiger partial charge in [0.2, 0.25) is 0 Å². The van der Waals surface area contributed by atoms with Crippen LogP contribution in [0.2, 0.25) is 5.15 Å². The average molecular weight is 413 g/mol. The van der Waals surface area contributed by atoms with Gasteiger partial charge >= 0.3 is 0 Å². The van der Waals surface area contributed by atoms with E-state index in [1.165, 1.54) is 12.8 Å². The molecule has 152 valence electrons. The molecule has 1 aliphatic rings. The molecule has 2 heterocycles. The molecule has 0 amide bonds. The smallest absolute Gasteiger partial charge is 0.177 e. The molecule has 1 aromatic carbocycles. The monoisotopic (exact) mass is 412 g/mol. The van der Waals surface area contributed by atoms with E-state index in [9.17, 15) is 9.90 Å². The van der Waals surface area contributed by atoms with E-state index >= 15 is 0 Å². The summed E-state index contributed by atoms with van der Waals surface area (Å²) in [6, 6.07) is 7.52. The molecule has 1 aliphatic carbocycles. The molecule has 0 radical (unpaired) electrons. The molecule has 0 atom stereocenters. The molecule has 29 heavy (non-hydrogen) atoms. The Hall–Kier alpha value is -2.44. The number of Topliss-reactive ketones (excluding diaryl/α,β-unsaturated/α-hetero) is 1. The Labute approximate surface area is 174 Å². The van der Waals surface area contributed by atoms with E-state index in [0.29, 0.717) is 35.4 Å². The highest BCUT2D eigenvalue weighted by atomic mass is 35.5. The summed E-state index contributed by atoms with van der Waals surface area (Å²) in [4.78, 5) is 17.0. The topological polar surface area (TPSA) is 79.5 Å². The number of nitrogens with zero attached hydrogens (tertiary/aromatic N) is 3. The number of imidazole rings is 1. The van der Waals surface area contributed by atoms with Gasteiger partial charge in [0, 0.05) is 30.2 Å². The lowest BCUT2D eigenvalue weighted by Crippen LogP contribution is -2.29. The number of halogens is 1. The van der Waals surface area contributed by atoms with E-state index in [1.807, 2.05) is 25.1 Å². The van der Waals surface area contributed by atoms with E-state index in [2.05, 4.69) is 15.4 Å². The van der Waals surface area contributed by atoms with E-state index in [4.69, 9.17) is 11.6 Å². The molecule has 0 bridgehead atoms. The van der Waals surface area contributed by atoms with Crippen molar-refractivity contribution in [1.82, 2.24) is 14.6 Å². The highest BCUT2D eigenvalue weighted by Gasteiger charge is 2.25. The molecule has 7 heteroatoms. The third-order valence-electron chi connectivity index (χ3n) is 5.14. The van der Waals surface area contributed by atoms with Crippen molar-refractivity contribution in [2.45, 2.75) is 45.6 Å². The lowest BCUT2D eigenvalue weighted by molar-refractivity contribution is 0.0944. The van der Waals surface area contributed by atoms with Crippen LogP contribution in [0.5, 0.6) is 0 Å². The van der Waals surface area contributed by atoms with E-state index in [0.717, 1.165) is 22.4 Å².